The van der Waals surface area contributed by atoms with Gasteiger partial charge in [0, 0.05) is 9.89 Å². The monoisotopic (exact) mass is 526 g/mol. The molecular formula is C27H31BrN2O4. The molecule has 34 heavy (non-hydrogen) atoms. The molecule has 0 bridgehead atoms. The van der Waals surface area contributed by atoms with Gasteiger partial charge in [0.25, 0.3) is 0 Å². The summed E-state index contributed by atoms with van der Waals surface area (Å²) < 4.78 is 3.01. The minimum absolute atomic E-state index is 0.0455. The van der Waals surface area contributed by atoms with Gasteiger partial charge in [0.2, 0.25) is 0 Å². The zero-order chi connectivity index (χ0) is 24.0. The first-order valence-electron chi connectivity index (χ1n) is 12.3. The van der Waals surface area contributed by atoms with E-state index in [9.17, 15) is 20.1 Å². The second-order valence-corrected chi connectivity index (χ2v) is 12.4. The van der Waals surface area contributed by atoms with Crippen LogP contribution in [0.2, 0.25) is 0 Å². The number of aliphatic hydroxyl groups excluding tert-OH is 1. The topological polar surface area (TPSA) is 95.6 Å². The summed E-state index contributed by atoms with van der Waals surface area (Å²) in [5.41, 5.74) is 1.89. The van der Waals surface area contributed by atoms with Gasteiger partial charge in [-0.3, -0.25) is 0 Å². The van der Waals surface area contributed by atoms with Crippen LogP contribution in [0.3, 0.4) is 0 Å². The van der Waals surface area contributed by atoms with Crippen LogP contribution < -0.4 is 0 Å². The summed E-state index contributed by atoms with van der Waals surface area (Å²) in [7, 11) is 0. The Morgan fingerprint density at radius 3 is 2.79 bits per heavy atom. The molecule has 7 atom stereocenters. The Kier molecular flexibility index (Phi) is 4.82. The van der Waals surface area contributed by atoms with Crippen molar-refractivity contribution in [3.8, 4) is 5.69 Å². The normalized spacial score (nSPS) is 40.6. The maximum Gasteiger partial charge on any atom is 0.336 e. The molecule has 2 aromatic rings. The number of allylic oxidation sites excluding steroid dienone is 1. The van der Waals surface area contributed by atoms with E-state index in [4.69, 9.17) is 5.10 Å². The molecule has 3 N–H and O–H groups in total. The van der Waals surface area contributed by atoms with Crippen molar-refractivity contribution < 1.29 is 20.1 Å². The molecule has 1 aromatic heterocycles. The summed E-state index contributed by atoms with van der Waals surface area (Å²) in [6.07, 6.45) is 7.54. The predicted molar refractivity (Wildman–Crippen MR) is 131 cm³/mol. The SMILES string of the molecule is C[C@]12Cc3cnn(-c4cccc(Br)c4)c3C=C1CC[C@@H]1[C@@H]2[C@@H](O)C[C@@]2(C)[C@H]1CC[C@]2(O)C(=O)O. The fourth-order valence-corrected chi connectivity index (χ4v) is 8.74. The number of rotatable bonds is 2. The second kappa shape index (κ2) is 7.28. The third-order valence-electron chi connectivity index (χ3n) is 9.98. The average Bonchev–Trinajstić information content (AvgIpc) is 3.29. The number of carboxylic acids is 1. The number of fused-ring (bicyclic) bond motifs is 6. The first kappa shape index (κ1) is 22.5. The molecule has 1 heterocycles. The summed E-state index contributed by atoms with van der Waals surface area (Å²) in [6, 6.07) is 8.12. The van der Waals surface area contributed by atoms with Crippen LogP contribution >= 0.6 is 15.9 Å². The highest BCUT2D eigenvalue weighted by Crippen LogP contribution is 2.67. The first-order chi connectivity index (χ1) is 16.1. The van der Waals surface area contributed by atoms with Gasteiger partial charge in [0.05, 0.1) is 23.7 Å². The molecule has 4 aliphatic carbocycles. The van der Waals surface area contributed by atoms with Crippen molar-refractivity contribution in [1.82, 2.24) is 9.78 Å². The number of aliphatic carboxylic acids is 1. The van der Waals surface area contributed by atoms with Gasteiger partial charge in [-0.2, -0.15) is 5.10 Å². The van der Waals surface area contributed by atoms with Crippen LogP contribution in [0.4, 0.5) is 0 Å². The third kappa shape index (κ3) is 2.80. The fourth-order valence-electron chi connectivity index (χ4n) is 8.35. The van der Waals surface area contributed by atoms with Gasteiger partial charge in [-0.1, -0.05) is 41.4 Å². The van der Waals surface area contributed by atoms with Crippen LogP contribution in [-0.4, -0.2) is 42.8 Å². The Morgan fingerprint density at radius 2 is 2.06 bits per heavy atom. The number of carboxylic acid groups (broad SMARTS) is 1. The molecule has 0 radical (unpaired) electrons. The van der Waals surface area contributed by atoms with Crippen LogP contribution in [0.1, 0.15) is 57.2 Å². The number of aliphatic hydroxyl groups is 2. The van der Waals surface area contributed by atoms with Crippen LogP contribution in [0.25, 0.3) is 11.8 Å². The van der Waals surface area contributed by atoms with Gasteiger partial charge in [0.15, 0.2) is 5.60 Å². The minimum atomic E-state index is -1.76. The van der Waals surface area contributed by atoms with Crippen molar-refractivity contribution in [3.63, 3.8) is 0 Å². The molecule has 0 unspecified atom stereocenters. The quantitative estimate of drug-likeness (QED) is 0.531. The third-order valence-corrected chi connectivity index (χ3v) is 10.5. The maximum absolute atomic E-state index is 12.1. The first-order valence-corrected chi connectivity index (χ1v) is 13.1. The van der Waals surface area contributed by atoms with Gasteiger partial charge in [0.1, 0.15) is 0 Å². The molecule has 0 saturated heterocycles. The largest absolute Gasteiger partial charge is 0.479 e. The molecule has 6 nitrogen and oxygen atoms in total. The van der Waals surface area contributed by atoms with E-state index in [1.165, 1.54) is 11.1 Å². The number of aromatic nitrogens is 2. The predicted octanol–water partition coefficient (Wildman–Crippen LogP) is 4.60. The Morgan fingerprint density at radius 1 is 1.26 bits per heavy atom. The van der Waals surface area contributed by atoms with E-state index in [0.29, 0.717) is 12.8 Å². The number of hydrogen-bond acceptors (Lipinski definition) is 4. The summed E-state index contributed by atoms with van der Waals surface area (Å²) >= 11 is 3.56. The molecule has 3 fully saturated rings. The van der Waals surface area contributed by atoms with Gasteiger partial charge < -0.3 is 15.3 Å². The standard InChI is InChI=1S/C27H31BrN2O4/c1-25-12-15-14-29-30(18-5-3-4-17(28)11-18)21(15)10-16(25)6-7-19-20-8-9-27(34,24(32)33)26(20,2)13-22(31)23(19)25/h3-5,10-11,14,19-20,22-23,31,34H,6-9,12-13H2,1-2H3,(H,32,33)/t19-,20-,22-,23+,25-,26-,27-/m0/s1. The summed E-state index contributed by atoms with van der Waals surface area (Å²) in [6.45, 7) is 4.17. The molecule has 0 amide bonds. The summed E-state index contributed by atoms with van der Waals surface area (Å²) in [5, 5.41) is 37.3. The molecule has 6 rings (SSSR count). The minimum Gasteiger partial charge on any atom is -0.479 e. The van der Waals surface area contributed by atoms with Crippen LogP contribution in [-0.2, 0) is 11.2 Å². The average molecular weight is 527 g/mol. The van der Waals surface area contributed by atoms with Gasteiger partial charge in [-0.15, -0.1) is 0 Å². The lowest BCUT2D eigenvalue weighted by atomic mass is 9.45. The van der Waals surface area contributed by atoms with Crippen molar-refractivity contribution >= 4 is 28.0 Å². The van der Waals surface area contributed by atoms with Crippen LogP contribution in [0.5, 0.6) is 0 Å². The number of hydrogen-bond donors (Lipinski definition) is 3. The highest BCUT2D eigenvalue weighted by molar-refractivity contribution is 9.10. The van der Waals surface area contributed by atoms with Gasteiger partial charge >= 0.3 is 5.97 Å². The smallest absolute Gasteiger partial charge is 0.336 e. The van der Waals surface area contributed by atoms with Crippen molar-refractivity contribution in [2.45, 2.75) is 64.1 Å². The summed E-state index contributed by atoms with van der Waals surface area (Å²) in [5.74, 6) is -0.797. The highest BCUT2D eigenvalue weighted by Gasteiger charge is 2.68. The van der Waals surface area contributed by atoms with Crippen molar-refractivity contribution in [1.29, 1.82) is 0 Å². The lowest BCUT2D eigenvalue weighted by Gasteiger charge is -2.60. The van der Waals surface area contributed by atoms with Crippen molar-refractivity contribution in [2.75, 3.05) is 0 Å². The highest BCUT2D eigenvalue weighted by atomic mass is 79.9. The molecule has 4 aliphatic rings. The second-order valence-electron chi connectivity index (χ2n) is 11.4. The van der Waals surface area contributed by atoms with Gasteiger partial charge in [-0.05, 0) is 91.5 Å². The van der Waals surface area contributed by atoms with Gasteiger partial charge in [-0.25, -0.2) is 9.48 Å². The molecule has 0 aliphatic heterocycles. The van der Waals surface area contributed by atoms with E-state index in [1.54, 1.807) is 0 Å². The lowest BCUT2D eigenvalue weighted by molar-refractivity contribution is -0.193. The molecule has 1 aromatic carbocycles. The van der Waals surface area contributed by atoms with E-state index in [2.05, 4.69) is 41.1 Å². The van der Waals surface area contributed by atoms with Crippen molar-refractivity contribution in [3.05, 3.63) is 51.8 Å². The van der Waals surface area contributed by atoms with Crippen molar-refractivity contribution in [2.24, 2.45) is 28.6 Å². The van der Waals surface area contributed by atoms with Crippen LogP contribution in [0, 0.1) is 28.6 Å². The molecule has 0 spiro atoms. The number of nitrogens with zero attached hydrogens (tertiary/aromatic N) is 2. The molecule has 3 saturated carbocycles. The van der Waals surface area contributed by atoms with E-state index >= 15 is 0 Å². The Balaban J connectivity index is 1.39. The number of halogens is 1. The van der Waals surface area contributed by atoms with E-state index < -0.39 is 23.1 Å². The zero-order valence-electron chi connectivity index (χ0n) is 19.5. The maximum atomic E-state index is 12.1. The van der Waals surface area contributed by atoms with E-state index in [0.717, 1.165) is 35.1 Å². The molecular weight excluding hydrogens is 496 g/mol. The fraction of sp³-hybridized carbons (Fsp3) is 0.556. The van der Waals surface area contributed by atoms with E-state index in [1.807, 2.05) is 29.9 Å². The zero-order valence-corrected chi connectivity index (χ0v) is 21.1. The summed E-state index contributed by atoms with van der Waals surface area (Å²) in [4.78, 5) is 12.1. The molecule has 7 heteroatoms. The Hall–Kier alpha value is -1.96. The van der Waals surface area contributed by atoms with Crippen LogP contribution in [0.15, 0.2) is 40.5 Å². The number of carbonyl (C=O) groups is 1. The molecule has 180 valence electrons. The number of benzene rings is 1. The Bertz CT molecular complexity index is 1220. The van der Waals surface area contributed by atoms with E-state index in [-0.39, 0.29) is 29.6 Å². The lowest BCUT2D eigenvalue weighted by Crippen LogP contribution is -2.61. The Labute approximate surface area is 207 Å².